The molecule has 0 aliphatic heterocycles. The van der Waals surface area contributed by atoms with Gasteiger partial charge in [-0.15, -0.1) is 0 Å². The minimum absolute atomic E-state index is 0.151. The third-order valence-corrected chi connectivity index (χ3v) is 6.47. The fourth-order valence-corrected chi connectivity index (χ4v) is 4.31. The molecular weight excluding hydrogens is 392 g/mol. The summed E-state index contributed by atoms with van der Waals surface area (Å²) in [7, 11) is -3.20. The monoisotopic (exact) mass is 420 g/mol. The number of carboxylic acid groups (broad SMARTS) is 1. The summed E-state index contributed by atoms with van der Waals surface area (Å²) in [6.07, 6.45) is 5.29. The molecule has 0 aliphatic carbocycles. The van der Waals surface area contributed by atoms with Gasteiger partial charge in [-0.3, -0.25) is 0 Å². The Morgan fingerprint density at radius 3 is 2.17 bits per heavy atom. The zero-order chi connectivity index (χ0) is 21.3. The average Bonchev–Trinajstić information content (AvgIpc) is 2.66. The van der Waals surface area contributed by atoms with Gasteiger partial charge in [0, 0.05) is 6.07 Å². The van der Waals surface area contributed by atoms with Crippen molar-refractivity contribution in [1.29, 1.82) is 0 Å². The van der Waals surface area contributed by atoms with Crippen molar-refractivity contribution >= 4 is 15.8 Å². The Morgan fingerprint density at radius 2 is 1.55 bits per heavy atom. The van der Waals surface area contributed by atoms with E-state index in [9.17, 15) is 18.3 Å². The summed E-state index contributed by atoms with van der Waals surface area (Å²) < 4.78 is 30.1. The minimum atomic E-state index is -3.20. The Balaban J connectivity index is 1.57. The van der Waals surface area contributed by atoms with Crippen LogP contribution in [0.5, 0.6) is 11.5 Å². The van der Waals surface area contributed by atoms with Crippen molar-refractivity contribution in [3.05, 3.63) is 53.6 Å². The maximum absolute atomic E-state index is 12.3. The van der Waals surface area contributed by atoms with Gasteiger partial charge in [-0.05, 0) is 44.0 Å². The first-order valence-corrected chi connectivity index (χ1v) is 11.4. The van der Waals surface area contributed by atoms with Gasteiger partial charge in [0.25, 0.3) is 0 Å². The van der Waals surface area contributed by atoms with Gasteiger partial charge in [0.05, 0.1) is 17.3 Å². The first-order valence-electron chi connectivity index (χ1n) is 9.78. The van der Waals surface area contributed by atoms with Gasteiger partial charge in [0.2, 0.25) is 0 Å². The molecule has 2 aromatic carbocycles. The van der Waals surface area contributed by atoms with Gasteiger partial charge in [-0.1, -0.05) is 43.4 Å². The van der Waals surface area contributed by atoms with Gasteiger partial charge < -0.3 is 14.9 Å². The van der Waals surface area contributed by atoms with E-state index < -0.39 is 15.8 Å². The van der Waals surface area contributed by atoms with Crippen LogP contribution >= 0.6 is 0 Å². The number of unbranched alkanes of at least 4 members (excludes halogenated alkanes) is 5. The highest BCUT2D eigenvalue weighted by Gasteiger charge is 2.13. The van der Waals surface area contributed by atoms with Crippen molar-refractivity contribution in [2.45, 2.75) is 50.3 Å². The van der Waals surface area contributed by atoms with E-state index in [4.69, 9.17) is 9.84 Å². The molecule has 29 heavy (non-hydrogen) atoms. The fourth-order valence-electron chi connectivity index (χ4n) is 2.94. The van der Waals surface area contributed by atoms with E-state index in [1.54, 1.807) is 12.1 Å². The lowest BCUT2D eigenvalue weighted by molar-refractivity contribution is 0.0693. The van der Waals surface area contributed by atoms with Gasteiger partial charge in [0.15, 0.2) is 9.84 Å². The molecule has 0 heterocycles. The maximum Gasteiger partial charge on any atom is 0.339 e. The van der Waals surface area contributed by atoms with Gasteiger partial charge in [-0.2, -0.15) is 0 Å². The number of aromatic hydroxyl groups is 1. The molecule has 0 unspecified atom stereocenters. The number of phenols is 1. The number of aryl methyl sites for hydroxylation is 1. The minimum Gasteiger partial charge on any atom is -0.507 e. The van der Waals surface area contributed by atoms with Crippen molar-refractivity contribution in [2.75, 3.05) is 12.4 Å². The van der Waals surface area contributed by atoms with Gasteiger partial charge in [0.1, 0.15) is 17.1 Å². The summed E-state index contributed by atoms with van der Waals surface area (Å²) in [4.78, 5) is 11.2. The molecule has 6 nitrogen and oxygen atoms in total. The molecule has 2 aromatic rings. The molecule has 0 radical (unpaired) electrons. The Kier molecular flexibility index (Phi) is 8.51. The first kappa shape index (κ1) is 22.7. The molecular formula is C22H28O6S. The molecule has 0 saturated heterocycles. The molecule has 158 valence electrons. The van der Waals surface area contributed by atoms with E-state index in [0.717, 1.165) is 37.7 Å². The highest BCUT2D eigenvalue weighted by molar-refractivity contribution is 7.91. The molecule has 0 aliphatic rings. The zero-order valence-corrected chi connectivity index (χ0v) is 17.5. The third-order valence-electron chi connectivity index (χ3n) is 4.66. The highest BCUT2D eigenvalue weighted by Crippen LogP contribution is 2.23. The molecule has 7 heteroatoms. The van der Waals surface area contributed by atoms with Crippen LogP contribution in [0.1, 0.15) is 54.4 Å². The number of rotatable bonds is 12. The molecule has 2 rings (SSSR count). The maximum atomic E-state index is 12.3. The highest BCUT2D eigenvalue weighted by atomic mass is 32.2. The standard InChI is InChI=1S/C22H28O6S/c1-17-8-11-19(12-9-17)29(26,27)15-7-5-3-2-4-6-14-28-18-10-13-20(22(24)25)21(23)16-18/h8-13,16,23H,2-7,14-15H2,1H3,(H,24,25). The van der Waals surface area contributed by atoms with Crippen LogP contribution in [0.4, 0.5) is 0 Å². The van der Waals surface area contributed by atoms with Crippen LogP contribution in [0.25, 0.3) is 0 Å². The van der Waals surface area contributed by atoms with E-state index in [-0.39, 0.29) is 17.1 Å². The second kappa shape index (κ2) is 10.9. The molecule has 2 N–H and O–H groups in total. The van der Waals surface area contributed by atoms with Crippen LogP contribution in [-0.2, 0) is 9.84 Å². The second-order valence-corrected chi connectivity index (χ2v) is 9.19. The molecule has 0 spiro atoms. The van der Waals surface area contributed by atoms with Crippen LogP contribution < -0.4 is 4.74 Å². The number of benzene rings is 2. The zero-order valence-electron chi connectivity index (χ0n) is 16.6. The Morgan fingerprint density at radius 1 is 0.931 bits per heavy atom. The number of carbonyl (C=O) groups is 1. The lowest BCUT2D eigenvalue weighted by atomic mass is 10.1. The Bertz CT molecular complexity index is 903. The van der Waals surface area contributed by atoms with Crippen molar-refractivity contribution in [1.82, 2.24) is 0 Å². The summed E-state index contributed by atoms with van der Waals surface area (Å²) in [6.45, 7) is 2.41. The van der Waals surface area contributed by atoms with Crippen LogP contribution in [0.2, 0.25) is 0 Å². The quantitative estimate of drug-likeness (QED) is 0.487. The average molecular weight is 421 g/mol. The Hall–Kier alpha value is -2.54. The molecule has 0 aromatic heterocycles. The summed E-state index contributed by atoms with van der Waals surface area (Å²) in [5, 5.41) is 18.5. The number of ether oxygens (including phenoxy) is 1. The smallest absolute Gasteiger partial charge is 0.339 e. The molecule has 0 bridgehead atoms. The largest absolute Gasteiger partial charge is 0.507 e. The second-order valence-electron chi connectivity index (χ2n) is 7.09. The van der Waals surface area contributed by atoms with Crippen LogP contribution in [-0.4, -0.2) is 37.0 Å². The van der Waals surface area contributed by atoms with Gasteiger partial charge in [-0.25, -0.2) is 13.2 Å². The van der Waals surface area contributed by atoms with E-state index in [1.807, 2.05) is 19.1 Å². The van der Waals surface area contributed by atoms with Crippen molar-refractivity contribution in [3.8, 4) is 11.5 Å². The summed E-state index contributed by atoms with van der Waals surface area (Å²) >= 11 is 0. The summed E-state index contributed by atoms with van der Waals surface area (Å²) in [5.74, 6) is -0.875. The predicted molar refractivity (Wildman–Crippen MR) is 111 cm³/mol. The van der Waals surface area contributed by atoms with Crippen molar-refractivity contribution < 1.29 is 28.2 Å². The van der Waals surface area contributed by atoms with Gasteiger partial charge >= 0.3 is 5.97 Å². The number of hydrogen-bond acceptors (Lipinski definition) is 5. The lowest BCUT2D eigenvalue weighted by Crippen LogP contribution is -2.06. The van der Waals surface area contributed by atoms with E-state index in [0.29, 0.717) is 23.7 Å². The number of aromatic carboxylic acids is 1. The third kappa shape index (κ3) is 7.42. The molecule has 0 saturated carbocycles. The van der Waals surface area contributed by atoms with Crippen molar-refractivity contribution in [2.24, 2.45) is 0 Å². The molecule has 0 atom stereocenters. The summed E-state index contributed by atoms with van der Waals surface area (Å²) in [5.41, 5.74) is 0.892. The van der Waals surface area contributed by atoms with E-state index in [1.165, 1.54) is 18.2 Å². The van der Waals surface area contributed by atoms with Crippen molar-refractivity contribution in [3.63, 3.8) is 0 Å². The van der Waals surface area contributed by atoms with Crippen LogP contribution in [0, 0.1) is 6.92 Å². The van der Waals surface area contributed by atoms with Crippen LogP contribution in [0.15, 0.2) is 47.4 Å². The number of carboxylic acids is 1. The van der Waals surface area contributed by atoms with E-state index in [2.05, 4.69) is 0 Å². The first-order chi connectivity index (χ1) is 13.8. The lowest BCUT2D eigenvalue weighted by Gasteiger charge is -2.08. The summed E-state index contributed by atoms with van der Waals surface area (Å²) in [6, 6.07) is 11.1. The predicted octanol–water partition coefficient (Wildman–Crippen LogP) is 4.59. The Labute approximate surface area is 172 Å². The number of hydrogen-bond donors (Lipinski definition) is 2. The number of sulfone groups is 1. The van der Waals surface area contributed by atoms with E-state index >= 15 is 0 Å². The fraction of sp³-hybridized carbons (Fsp3) is 0.409. The topological polar surface area (TPSA) is 101 Å². The molecule has 0 fully saturated rings. The molecule has 0 amide bonds. The normalized spacial score (nSPS) is 11.3. The SMILES string of the molecule is Cc1ccc(S(=O)(=O)CCCCCCCCOc2ccc(C(=O)O)c(O)c2)cc1. The van der Waals surface area contributed by atoms with Crippen LogP contribution in [0.3, 0.4) is 0 Å².